The summed E-state index contributed by atoms with van der Waals surface area (Å²) >= 11 is 0. The van der Waals surface area contributed by atoms with Crippen LogP contribution in [0.25, 0.3) is 0 Å². The number of piperidine rings is 1. The Bertz CT molecular complexity index is 580. The molecule has 1 aromatic rings. The first kappa shape index (κ1) is 18.7. The lowest BCUT2D eigenvalue weighted by Crippen LogP contribution is -2.51. The Morgan fingerprint density at radius 2 is 1.92 bits per heavy atom. The third-order valence-corrected chi connectivity index (χ3v) is 5.27. The van der Waals surface area contributed by atoms with Crippen molar-refractivity contribution in [3.05, 3.63) is 35.9 Å². The van der Waals surface area contributed by atoms with Gasteiger partial charge >= 0.3 is 11.9 Å². The lowest BCUT2D eigenvalue weighted by Gasteiger charge is -2.42. The Kier molecular flexibility index (Phi) is 6.24. The van der Waals surface area contributed by atoms with Crippen LogP contribution in [0.2, 0.25) is 0 Å². The largest absolute Gasteiger partial charge is 0.469 e. The molecule has 24 heavy (non-hydrogen) atoms. The summed E-state index contributed by atoms with van der Waals surface area (Å²) in [5.74, 6) is -0.553. The summed E-state index contributed by atoms with van der Waals surface area (Å²) in [5.41, 5.74) is 0.551. The van der Waals surface area contributed by atoms with Gasteiger partial charge < -0.3 is 9.47 Å². The van der Waals surface area contributed by atoms with Crippen LogP contribution in [0.4, 0.5) is 0 Å². The van der Waals surface area contributed by atoms with Crippen molar-refractivity contribution in [2.45, 2.75) is 43.9 Å². The monoisotopic (exact) mass is 353 g/mol. The molecule has 0 aliphatic carbocycles. The summed E-state index contributed by atoms with van der Waals surface area (Å²) in [6.45, 7) is 0. The van der Waals surface area contributed by atoms with Gasteiger partial charge in [0.2, 0.25) is 0 Å². The minimum atomic E-state index is -0.311. The first-order valence-electron chi connectivity index (χ1n) is 8.15. The first-order valence-corrected chi connectivity index (χ1v) is 8.15. The number of ether oxygens (including phenoxy) is 2. The third-order valence-electron chi connectivity index (χ3n) is 5.27. The van der Waals surface area contributed by atoms with Gasteiger partial charge in [-0.2, -0.15) is 0 Å². The zero-order valence-electron chi connectivity index (χ0n) is 14.0. The Morgan fingerprint density at radius 3 is 2.58 bits per heavy atom. The van der Waals surface area contributed by atoms with Crippen molar-refractivity contribution in [1.82, 2.24) is 4.90 Å². The molecule has 0 amide bonds. The van der Waals surface area contributed by atoms with E-state index in [1.807, 2.05) is 18.2 Å². The highest BCUT2D eigenvalue weighted by atomic mass is 35.5. The number of carbonyl (C=O) groups is 2. The van der Waals surface area contributed by atoms with Crippen molar-refractivity contribution < 1.29 is 19.1 Å². The molecule has 2 fully saturated rings. The molecule has 0 aromatic heterocycles. The average Bonchev–Trinajstić information content (AvgIpc) is 2.82. The van der Waals surface area contributed by atoms with E-state index in [0.29, 0.717) is 18.0 Å². The molecule has 4 unspecified atom stereocenters. The Labute approximate surface area is 148 Å². The Hall–Kier alpha value is -1.59. The van der Waals surface area contributed by atoms with Crippen LogP contribution in [0.1, 0.15) is 36.0 Å². The zero-order valence-corrected chi connectivity index (χ0v) is 14.8. The van der Waals surface area contributed by atoms with Gasteiger partial charge in [-0.1, -0.05) is 18.2 Å². The second kappa shape index (κ2) is 7.99. The fourth-order valence-corrected chi connectivity index (χ4v) is 3.99. The van der Waals surface area contributed by atoms with Gasteiger partial charge in [0, 0.05) is 24.4 Å². The molecular formula is C18H24ClNO4. The molecule has 1 aromatic carbocycles. The summed E-state index contributed by atoms with van der Waals surface area (Å²) in [6.07, 6.45) is 2.99. The minimum absolute atomic E-state index is 0. The van der Waals surface area contributed by atoms with Crippen LogP contribution in [0.5, 0.6) is 0 Å². The maximum Gasteiger partial charge on any atom is 0.338 e. The van der Waals surface area contributed by atoms with Crippen LogP contribution in [0.15, 0.2) is 30.3 Å². The van der Waals surface area contributed by atoms with E-state index in [1.165, 1.54) is 7.11 Å². The standard InChI is InChI=1S/C18H23NO4.ClH/c1-19-13-8-9-15(19)14(11-17(20)22-2)16(10-13)23-18(21)12-6-4-3-5-7-12;/h3-7,13-16H,8-11H2,1-2H3;1H. The first-order chi connectivity index (χ1) is 11.1. The summed E-state index contributed by atoms with van der Waals surface area (Å²) < 4.78 is 10.6. The smallest absolute Gasteiger partial charge is 0.338 e. The summed E-state index contributed by atoms with van der Waals surface area (Å²) in [5, 5.41) is 0. The van der Waals surface area contributed by atoms with E-state index in [2.05, 4.69) is 11.9 Å². The maximum absolute atomic E-state index is 12.4. The third kappa shape index (κ3) is 3.73. The number of nitrogens with zero attached hydrogens (tertiary/aromatic N) is 1. The van der Waals surface area contributed by atoms with Crippen LogP contribution in [0.3, 0.4) is 0 Å². The lowest BCUT2D eigenvalue weighted by molar-refractivity contribution is -0.144. The number of hydrogen-bond donors (Lipinski definition) is 0. The number of esters is 2. The van der Waals surface area contributed by atoms with E-state index in [9.17, 15) is 9.59 Å². The maximum atomic E-state index is 12.4. The number of benzene rings is 1. The molecule has 2 saturated heterocycles. The van der Waals surface area contributed by atoms with Crippen molar-refractivity contribution in [2.24, 2.45) is 5.92 Å². The van der Waals surface area contributed by atoms with Gasteiger partial charge in [-0.25, -0.2) is 4.79 Å². The van der Waals surface area contributed by atoms with Crippen molar-refractivity contribution >= 4 is 24.3 Å². The van der Waals surface area contributed by atoms with Crippen LogP contribution in [-0.2, 0) is 14.3 Å². The number of hydrogen-bond acceptors (Lipinski definition) is 5. The Morgan fingerprint density at radius 1 is 1.21 bits per heavy atom. The van der Waals surface area contributed by atoms with Gasteiger partial charge in [0.05, 0.1) is 19.1 Å². The summed E-state index contributed by atoms with van der Waals surface area (Å²) in [7, 11) is 3.50. The van der Waals surface area contributed by atoms with Gasteiger partial charge in [0.25, 0.3) is 0 Å². The second-order valence-electron chi connectivity index (χ2n) is 6.45. The van der Waals surface area contributed by atoms with Gasteiger partial charge in [-0.3, -0.25) is 9.69 Å². The number of fused-ring (bicyclic) bond motifs is 2. The highest BCUT2D eigenvalue weighted by Crippen LogP contribution is 2.41. The minimum Gasteiger partial charge on any atom is -0.469 e. The molecule has 0 saturated carbocycles. The lowest BCUT2D eigenvalue weighted by atomic mass is 9.85. The van der Waals surface area contributed by atoms with E-state index >= 15 is 0 Å². The van der Waals surface area contributed by atoms with E-state index < -0.39 is 0 Å². The quantitative estimate of drug-likeness (QED) is 0.779. The average molecular weight is 354 g/mol. The molecule has 5 nitrogen and oxygen atoms in total. The number of carbonyl (C=O) groups excluding carboxylic acids is 2. The van der Waals surface area contributed by atoms with Crippen molar-refractivity contribution in [3.8, 4) is 0 Å². The fraction of sp³-hybridized carbons (Fsp3) is 0.556. The number of methoxy groups -OCH3 is 1. The molecule has 3 rings (SSSR count). The molecule has 2 bridgehead atoms. The van der Waals surface area contributed by atoms with E-state index in [-0.39, 0.29) is 42.4 Å². The molecule has 2 aliphatic rings. The van der Waals surface area contributed by atoms with Crippen molar-refractivity contribution in [1.29, 1.82) is 0 Å². The highest BCUT2D eigenvalue weighted by molar-refractivity contribution is 5.89. The number of halogens is 1. The number of rotatable bonds is 4. The molecule has 2 heterocycles. The van der Waals surface area contributed by atoms with Crippen LogP contribution < -0.4 is 0 Å². The molecule has 4 atom stereocenters. The highest BCUT2D eigenvalue weighted by Gasteiger charge is 2.47. The molecule has 132 valence electrons. The molecule has 0 radical (unpaired) electrons. The molecule has 2 aliphatic heterocycles. The van der Waals surface area contributed by atoms with E-state index in [1.54, 1.807) is 12.1 Å². The van der Waals surface area contributed by atoms with Crippen LogP contribution >= 0.6 is 12.4 Å². The van der Waals surface area contributed by atoms with E-state index in [4.69, 9.17) is 9.47 Å². The molecule has 0 spiro atoms. The molecule has 6 heteroatoms. The second-order valence-corrected chi connectivity index (χ2v) is 6.45. The van der Waals surface area contributed by atoms with Gasteiger partial charge in [-0.05, 0) is 32.0 Å². The van der Waals surface area contributed by atoms with Crippen LogP contribution in [-0.4, -0.2) is 49.2 Å². The predicted molar refractivity (Wildman–Crippen MR) is 92.2 cm³/mol. The normalized spacial score (nSPS) is 28.8. The van der Waals surface area contributed by atoms with Gasteiger partial charge in [0.15, 0.2) is 0 Å². The Balaban J connectivity index is 0.00000208. The predicted octanol–water partition coefficient (Wildman–Crippen LogP) is 2.68. The van der Waals surface area contributed by atoms with Crippen molar-refractivity contribution in [2.75, 3.05) is 14.2 Å². The van der Waals surface area contributed by atoms with Gasteiger partial charge in [-0.15, -0.1) is 12.4 Å². The SMILES string of the molecule is COC(=O)CC1C(OC(=O)c2ccccc2)CC2CCC1N2C.Cl. The van der Waals surface area contributed by atoms with E-state index in [0.717, 1.165) is 19.3 Å². The molecule has 0 N–H and O–H groups in total. The summed E-state index contributed by atoms with van der Waals surface area (Å²) in [4.78, 5) is 26.5. The summed E-state index contributed by atoms with van der Waals surface area (Å²) in [6, 6.07) is 9.72. The molecular weight excluding hydrogens is 330 g/mol. The zero-order chi connectivity index (χ0) is 16.4. The topological polar surface area (TPSA) is 55.8 Å². The van der Waals surface area contributed by atoms with Gasteiger partial charge in [0.1, 0.15) is 6.10 Å². The van der Waals surface area contributed by atoms with Crippen LogP contribution in [0, 0.1) is 5.92 Å². The fourth-order valence-electron chi connectivity index (χ4n) is 3.99. The van der Waals surface area contributed by atoms with Crippen molar-refractivity contribution in [3.63, 3.8) is 0 Å².